The second kappa shape index (κ2) is 8.28. The molecule has 0 heterocycles. The van der Waals surface area contributed by atoms with Gasteiger partial charge in [-0.2, -0.15) is 0 Å². The number of amides is 1. The maximum absolute atomic E-state index is 12.0. The Morgan fingerprint density at radius 1 is 0.947 bits per heavy atom. The summed E-state index contributed by atoms with van der Waals surface area (Å²) in [4.78, 5) is 12.7. The lowest BCUT2D eigenvalue weighted by molar-refractivity contribution is -0.122. The van der Waals surface area contributed by atoms with Crippen molar-refractivity contribution < 1.29 is 4.79 Å². The van der Waals surface area contributed by atoms with Gasteiger partial charge in [0.2, 0.25) is 5.91 Å². The quantitative estimate of drug-likeness (QED) is 0.600. The van der Waals surface area contributed by atoms with Crippen LogP contribution in [0.3, 0.4) is 0 Å². The fourth-order valence-electron chi connectivity index (χ4n) is 3.57. The molecule has 2 aliphatic rings. The summed E-state index contributed by atoms with van der Waals surface area (Å²) >= 11 is 3.71. The van der Waals surface area contributed by atoms with Gasteiger partial charge in [0.25, 0.3) is 0 Å². The Labute approximate surface area is 126 Å². The van der Waals surface area contributed by atoms with Crippen molar-refractivity contribution in [3.05, 3.63) is 0 Å². The van der Waals surface area contributed by atoms with Crippen LogP contribution in [0.5, 0.6) is 0 Å². The zero-order valence-electron chi connectivity index (χ0n) is 12.0. The average Bonchev–Trinajstić information content (AvgIpc) is 2.65. The van der Waals surface area contributed by atoms with Crippen molar-refractivity contribution in [1.29, 1.82) is 0 Å². The van der Waals surface area contributed by atoms with Crippen LogP contribution in [-0.4, -0.2) is 17.3 Å². The van der Waals surface area contributed by atoms with Crippen molar-refractivity contribution >= 4 is 21.8 Å². The van der Waals surface area contributed by atoms with E-state index in [0.29, 0.717) is 22.6 Å². The van der Waals surface area contributed by atoms with Crippen LogP contribution in [0, 0.1) is 11.8 Å². The van der Waals surface area contributed by atoms with E-state index >= 15 is 0 Å². The highest BCUT2D eigenvalue weighted by molar-refractivity contribution is 9.09. The van der Waals surface area contributed by atoms with Gasteiger partial charge in [-0.25, -0.2) is 0 Å². The highest BCUT2D eigenvalue weighted by Crippen LogP contribution is 2.29. The fraction of sp³-hybridized carbons (Fsp3) is 0.938. The highest BCUT2D eigenvalue weighted by Gasteiger charge is 2.21. The molecular formula is C16H28BrNO. The third kappa shape index (κ3) is 5.85. The van der Waals surface area contributed by atoms with Gasteiger partial charge in [-0.3, -0.25) is 4.79 Å². The van der Waals surface area contributed by atoms with Gasteiger partial charge >= 0.3 is 0 Å². The molecule has 0 bridgehead atoms. The third-order valence-corrected chi connectivity index (χ3v) is 5.59. The molecule has 110 valence electrons. The van der Waals surface area contributed by atoms with Gasteiger partial charge in [0.15, 0.2) is 0 Å². The third-order valence-electron chi connectivity index (χ3n) is 4.76. The summed E-state index contributed by atoms with van der Waals surface area (Å²) in [5.41, 5.74) is 0. The van der Waals surface area contributed by atoms with Crippen molar-refractivity contribution in [1.82, 2.24) is 5.32 Å². The molecule has 19 heavy (non-hydrogen) atoms. The lowest BCUT2D eigenvalue weighted by Gasteiger charge is -2.26. The van der Waals surface area contributed by atoms with E-state index in [-0.39, 0.29) is 0 Å². The minimum atomic E-state index is 0.295. The number of carbonyl (C=O) groups excluding carboxylic acids is 1. The monoisotopic (exact) mass is 329 g/mol. The number of hydrogen-bond donors (Lipinski definition) is 1. The van der Waals surface area contributed by atoms with Gasteiger partial charge in [0, 0.05) is 17.8 Å². The van der Waals surface area contributed by atoms with Gasteiger partial charge in [0.05, 0.1) is 0 Å². The first-order valence-corrected chi connectivity index (χ1v) is 9.06. The lowest BCUT2D eigenvalue weighted by atomic mass is 9.89. The standard InChI is InChI=1S/C16H28BrNO/c17-15-9-5-8-14(10-15)12-18-16(19)11-13-6-3-1-2-4-7-13/h13-15H,1-12H2,(H,18,19). The predicted octanol–water partition coefficient (Wildman–Crippen LogP) is 4.42. The fourth-order valence-corrected chi connectivity index (χ4v) is 4.42. The van der Waals surface area contributed by atoms with Crippen molar-refractivity contribution in [3.8, 4) is 0 Å². The molecule has 3 heteroatoms. The SMILES string of the molecule is O=C(CC1CCCCCC1)NCC1CCCC(Br)C1. The average molecular weight is 330 g/mol. The Morgan fingerprint density at radius 3 is 2.32 bits per heavy atom. The number of rotatable bonds is 4. The van der Waals surface area contributed by atoms with Crippen LogP contribution in [0.15, 0.2) is 0 Å². The lowest BCUT2D eigenvalue weighted by Crippen LogP contribution is -2.32. The molecule has 2 unspecified atom stereocenters. The van der Waals surface area contributed by atoms with E-state index < -0.39 is 0 Å². The minimum Gasteiger partial charge on any atom is -0.356 e. The Bertz CT molecular complexity index is 274. The summed E-state index contributed by atoms with van der Waals surface area (Å²) < 4.78 is 0. The van der Waals surface area contributed by atoms with Gasteiger partial charge in [-0.1, -0.05) is 48.0 Å². The van der Waals surface area contributed by atoms with Crippen LogP contribution in [0.25, 0.3) is 0 Å². The topological polar surface area (TPSA) is 29.1 Å². The molecule has 0 saturated heterocycles. The molecule has 2 rings (SSSR count). The highest BCUT2D eigenvalue weighted by atomic mass is 79.9. The van der Waals surface area contributed by atoms with E-state index in [1.807, 2.05) is 0 Å². The second-order valence-electron chi connectivity index (χ2n) is 6.50. The first-order chi connectivity index (χ1) is 9.24. The molecule has 2 saturated carbocycles. The van der Waals surface area contributed by atoms with Crippen LogP contribution in [0.2, 0.25) is 0 Å². The molecule has 2 atom stereocenters. The molecule has 1 amide bonds. The van der Waals surface area contributed by atoms with Gasteiger partial charge in [0.1, 0.15) is 0 Å². The molecule has 2 fully saturated rings. The van der Waals surface area contributed by atoms with Crippen molar-refractivity contribution in [2.24, 2.45) is 11.8 Å². The van der Waals surface area contributed by atoms with Crippen molar-refractivity contribution in [2.75, 3.05) is 6.54 Å². The van der Waals surface area contributed by atoms with Gasteiger partial charge < -0.3 is 5.32 Å². The number of halogens is 1. The van der Waals surface area contributed by atoms with E-state index in [4.69, 9.17) is 0 Å². The molecule has 0 aromatic rings. The number of alkyl halides is 1. The molecule has 2 aliphatic carbocycles. The Kier molecular flexibility index (Phi) is 6.69. The van der Waals surface area contributed by atoms with E-state index in [2.05, 4.69) is 21.2 Å². The van der Waals surface area contributed by atoms with Gasteiger partial charge in [-0.05, 0) is 43.9 Å². The number of carbonyl (C=O) groups is 1. The molecule has 0 radical (unpaired) electrons. The Hall–Kier alpha value is -0.0500. The first kappa shape index (κ1) is 15.3. The first-order valence-electron chi connectivity index (χ1n) is 8.15. The summed E-state index contributed by atoms with van der Waals surface area (Å²) in [6, 6.07) is 0. The summed E-state index contributed by atoms with van der Waals surface area (Å²) in [5.74, 6) is 1.64. The van der Waals surface area contributed by atoms with E-state index in [0.717, 1.165) is 13.0 Å². The van der Waals surface area contributed by atoms with Crippen molar-refractivity contribution in [3.63, 3.8) is 0 Å². The zero-order chi connectivity index (χ0) is 13.5. The van der Waals surface area contributed by atoms with Crippen molar-refractivity contribution in [2.45, 2.75) is 75.5 Å². The molecule has 0 aromatic heterocycles. The Balaban J connectivity index is 1.63. The molecule has 0 aliphatic heterocycles. The molecule has 0 aromatic carbocycles. The minimum absolute atomic E-state index is 0.295. The number of nitrogens with one attached hydrogen (secondary N) is 1. The van der Waals surface area contributed by atoms with Gasteiger partial charge in [-0.15, -0.1) is 0 Å². The molecule has 2 nitrogen and oxygen atoms in total. The summed E-state index contributed by atoms with van der Waals surface area (Å²) in [6.07, 6.45) is 13.8. The summed E-state index contributed by atoms with van der Waals surface area (Å²) in [7, 11) is 0. The summed E-state index contributed by atoms with van der Waals surface area (Å²) in [6.45, 7) is 0.896. The molecule has 0 spiro atoms. The molecular weight excluding hydrogens is 302 g/mol. The van der Waals surface area contributed by atoms with Crippen LogP contribution in [0.4, 0.5) is 0 Å². The van der Waals surface area contributed by atoms with E-state index in [1.54, 1.807) is 0 Å². The maximum atomic E-state index is 12.0. The second-order valence-corrected chi connectivity index (χ2v) is 7.79. The maximum Gasteiger partial charge on any atom is 0.220 e. The van der Waals surface area contributed by atoms with Crippen LogP contribution >= 0.6 is 15.9 Å². The zero-order valence-corrected chi connectivity index (χ0v) is 13.6. The van der Waals surface area contributed by atoms with Crippen LogP contribution in [-0.2, 0) is 4.79 Å². The van der Waals surface area contributed by atoms with E-state index in [1.165, 1.54) is 64.2 Å². The van der Waals surface area contributed by atoms with E-state index in [9.17, 15) is 4.79 Å². The van der Waals surface area contributed by atoms with Crippen LogP contribution in [0.1, 0.15) is 70.6 Å². The summed E-state index contributed by atoms with van der Waals surface area (Å²) in [5, 5.41) is 3.18. The van der Waals surface area contributed by atoms with Crippen LogP contribution < -0.4 is 5.32 Å². The predicted molar refractivity (Wildman–Crippen MR) is 83.5 cm³/mol. The number of hydrogen-bond acceptors (Lipinski definition) is 1. The largest absolute Gasteiger partial charge is 0.356 e. The normalized spacial score (nSPS) is 29.7. The Morgan fingerprint density at radius 2 is 1.63 bits per heavy atom. The molecule has 1 N–H and O–H groups in total. The smallest absolute Gasteiger partial charge is 0.220 e.